The highest BCUT2D eigenvalue weighted by Crippen LogP contribution is 2.24. The van der Waals surface area contributed by atoms with Crippen molar-refractivity contribution in [3.8, 4) is 11.8 Å². The third-order valence-electron chi connectivity index (χ3n) is 2.46. The van der Waals surface area contributed by atoms with Crippen LogP contribution in [0.4, 0.5) is 11.6 Å². The first-order chi connectivity index (χ1) is 8.04. The average molecular weight is 248 g/mol. The zero-order valence-corrected chi connectivity index (χ0v) is 9.86. The number of nitriles is 1. The fraction of sp³-hybridized carbons (Fsp3) is 0.0909. The van der Waals surface area contributed by atoms with Crippen LogP contribution in [0.25, 0.3) is 5.69 Å². The van der Waals surface area contributed by atoms with E-state index in [9.17, 15) is 0 Å². The SMILES string of the molecule is Cc1ccc(-n2nc(N)c(C#N)c2N)cc1Cl. The van der Waals surface area contributed by atoms with Crippen molar-refractivity contribution < 1.29 is 0 Å². The summed E-state index contributed by atoms with van der Waals surface area (Å²) in [5.74, 6) is 0.326. The number of nitrogens with zero attached hydrogens (tertiary/aromatic N) is 3. The molecule has 5 nitrogen and oxygen atoms in total. The summed E-state index contributed by atoms with van der Waals surface area (Å²) in [6.45, 7) is 1.90. The summed E-state index contributed by atoms with van der Waals surface area (Å²) in [4.78, 5) is 0. The fourth-order valence-corrected chi connectivity index (χ4v) is 1.65. The number of benzene rings is 1. The molecule has 0 aliphatic heterocycles. The molecule has 17 heavy (non-hydrogen) atoms. The second kappa shape index (κ2) is 4.00. The molecule has 1 aromatic heterocycles. The van der Waals surface area contributed by atoms with E-state index in [-0.39, 0.29) is 17.2 Å². The molecule has 0 aliphatic carbocycles. The van der Waals surface area contributed by atoms with Gasteiger partial charge in [-0.05, 0) is 24.6 Å². The topological polar surface area (TPSA) is 93.6 Å². The summed E-state index contributed by atoms with van der Waals surface area (Å²) in [6, 6.07) is 7.30. The number of rotatable bonds is 1. The van der Waals surface area contributed by atoms with Crippen LogP contribution in [-0.2, 0) is 0 Å². The van der Waals surface area contributed by atoms with Gasteiger partial charge in [-0.15, -0.1) is 5.10 Å². The fourth-order valence-electron chi connectivity index (χ4n) is 1.47. The molecule has 2 aromatic rings. The zero-order chi connectivity index (χ0) is 12.6. The third kappa shape index (κ3) is 1.79. The van der Waals surface area contributed by atoms with Crippen molar-refractivity contribution in [3.63, 3.8) is 0 Å². The van der Waals surface area contributed by atoms with Crippen LogP contribution in [0, 0.1) is 18.3 Å². The Morgan fingerprint density at radius 1 is 1.41 bits per heavy atom. The van der Waals surface area contributed by atoms with Gasteiger partial charge in [-0.2, -0.15) is 5.26 Å². The standard InChI is InChI=1S/C11H10ClN5/c1-6-2-3-7(4-9(6)12)17-11(15)8(5-13)10(14)16-17/h2-4H,15H2,1H3,(H2,14,16). The molecule has 0 aliphatic rings. The molecule has 0 saturated carbocycles. The van der Waals surface area contributed by atoms with Crippen LogP contribution in [0.1, 0.15) is 11.1 Å². The molecule has 0 saturated heterocycles. The highest BCUT2D eigenvalue weighted by Gasteiger charge is 2.14. The Balaban J connectivity index is 2.62. The molecule has 0 bridgehead atoms. The average Bonchev–Trinajstić information content (AvgIpc) is 2.58. The molecular formula is C11H10ClN5. The van der Waals surface area contributed by atoms with Crippen molar-refractivity contribution in [1.82, 2.24) is 9.78 Å². The molecule has 2 rings (SSSR count). The van der Waals surface area contributed by atoms with E-state index >= 15 is 0 Å². The van der Waals surface area contributed by atoms with Crippen LogP contribution >= 0.6 is 11.6 Å². The van der Waals surface area contributed by atoms with E-state index in [4.69, 9.17) is 28.3 Å². The minimum atomic E-state index is 0.113. The first-order valence-corrected chi connectivity index (χ1v) is 5.23. The lowest BCUT2D eigenvalue weighted by molar-refractivity contribution is 0.896. The van der Waals surface area contributed by atoms with Gasteiger partial charge in [-0.1, -0.05) is 17.7 Å². The summed E-state index contributed by atoms with van der Waals surface area (Å²) in [7, 11) is 0. The van der Waals surface area contributed by atoms with E-state index in [0.29, 0.717) is 10.7 Å². The maximum atomic E-state index is 8.87. The molecule has 1 aromatic carbocycles. The van der Waals surface area contributed by atoms with Crippen LogP contribution in [0.2, 0.25) is 5.02 Å². The number of anilines is 2. The molecular weight excluding hydrogens is 238 g/mol. The minimum absolute atomic E-state index is 0.113. The normalized spacial score (nSPS) is 10.2. The van der Waals surface area contributed by atoms with Gasteiger partial charge >= 0.3 is 0 Å². The molecule has 0 amide bonds. The monoisotopic (exact) mass is 247 g/mol. The Hall–Kier alpha value is -2.19. The summed E-state index contributed by atoms with van der Waals surface area (Å²) in [5, 5.41) is 13.5. The number of nitrogens with two attached hydrogens (primary N) is 2. The predicted molar refractivity (Wildman–Crippen MR) is 66.9 cm³/mol. The van der Waals surface area contributed by atoms with Crippen molar-refractivity contribution in [2.45, 2.75) is 6.92 Å². The van der Waals surface area contributed by atoms with Gasteiger partial charge in [0.1, 0.15) is 17.5 Å². The number of halogens is 1. The first-order valence-electron chi connectivity index (χ1n) is 4.85. The van der Waals surface area contributed by atoms with Crippen molar-refractivity contribution in [1.29, 1.82) is 5.26 Å². The number of hydrogen-bond donors (Lipinski definition) is 2. The third-order valence-corrected chi connectivity index (χ3v) is 2.87. The first kappa shape index (κ1) is 11.3. The van der Waals surface area contributed by atoms with Crippen molar-refractivity contribution in [2.24, 2.45) is 0 Å². The van der Waals surface area contributed by atoms with E-state index in [1.807, 2.05) is 25.1 Å². The van der Waals surface area contributed by atoms with Gasteiger partial charge in [0.2, 0.25) is 0 Å². The number of nitrogen functional groups attached to an aromatic ring is 2. The lowest BCUT2D eigenvalue weighted by Gasteiger charge is -2.05. The Kier molecular flexibility index (Phi) is 2.66. The zero-order valence-electron chi connectivity index (χ0n) is 9.11. The predicted octanol–water partition coefficient (Wildman–Crippen LogP) is 1.87. The molecule has 1 heterocycles. The molecule has 0 spiro atoms. The van der Waals surface area contributed by atoms with Gasteiger partial charge < -0.3 is 11.5 Å². The maximum Gasteiger partial charge on any atom is 0.166 e. The molecule has 86 valence electrons. The Morgan fingerprint density at radius 3 is 2.65 bits per heavy atom. The number of hydrogen-bond acceptors (Lipinski definition) is 4. The van der Waals surface area contributed by atoms with Crippen molar-refractivity contribution in [2.75, 3.05) is 11.5 Å². The molecule has 0 radical (unpaired) electrons. The molecule has 6 heteroatoms. The summed E-state index contributed by atoms with van der Waals surface area (Å²) >= 11 is 6.02. The smallest absolute Gasteiger partial charge is 0.166 e. The van der Waals surface area contributed by atoms with Gasteiger partial charge in [0.15, 0.2) is 5.82 Å². The quantitative estimate of drug-likeness (QED) is 0.804. The second-order valence-corrected chi connectivity index (χ2v) is 4.01. The summed E-state index contributed by atoms with van der Waals surface area (Å²) < 4.78 is 1.40. The molecule has 0 fully saturated rings. The van der Waals surface area contributed by atoms with Gasteiger partial charge in [-0.25, -0.2) is 4.68 Å². The number of aryl methyl sites for hydroxylation is 1. The van der Waals surface area contributed by atoms with Gasteiger partial charge in [0, 0.05) is 5.02 Å². The summed E-state index contributed by atoms with van der Waals surface area (Å²) in [5.41, 5.74) is 13.2. The summed E-state index contributed by atoms with van der Waals surface area (Å²) in [6.07, 6.45) is 0. The minimum Gasteiger partial charge on any atom is -0.382 e. The Bertz CT molecular complexity index is 624. The molecule has 0 atom stereocenters. The van der Waals surface area contributed by atoms with E-state index in [1.54, 1.807) is 6.07 Å². The lowest BCUT2D eigenvalue weighted by Crippen LogP contribution is -2.02. The van der Waals surface area contributed by atoms with Crippen LogP contribution in [0.3, 0.4) is 0 Å². The number of aromatic nitrogens is 2. The van der Waals surface area contributed by atoms with Crippen LogP contribution < -0.4 is 11.5 Å². The molecule has 4 N–H and O–H groups in total. The highest BCUT2D eigenvalue weighted by molar-refractivity contribution is 6.31. The Morgan fingerprint density at radius 2 is 2.12 bits per heavy atom. The van der Waals surface area contributed by atoms with Crippen LogP contribution in [0.15, 0.2) is 18.2 Å². The van der Waals surface area contributed by atoms with Gasteiger partial charge in [-0.3, -0.25) is 0 Å². The maximum absolute atomic E-state index is 8.87. The highest BCUT2D eigenvalue weighted by atomic mass is 35.5. The second-order valence-electron chi connectivity index (χ2n) is 3.60. The molecule has 0 unspecified atom stereocenters. The van der Waals surface area contributed by atoms with Gasteiger partial charge in [0.25, 0.3) is 0 Å². The van der Waals surface area contributed by atoms with E-state index in [0.717, 1.165) is 5.56 Å². The van der Waals surface area contributed by atoms with Gasteiger partial charge in [0.05, 0.1) is 5.69 Å². The van der Waals surface area contributed by atoms with Crippen molar-refractivity contribution in [3.05, 3.63) is 34.3 Å². The Labute approximate surface area is 103 Å². The lowest BCUT2D eigenvalue weighted by atomic mass is 10.2. The largest absolute Gasteiger partial charge is 0.382 e. The van der Waals surface area contributed by atoms with E-state index < -0.39 is 0 Å². The van der Waals surface area contributed by atoms with Crippen molar-refractivity contribution >= 4 is 23.2 Å². The van der Waals surface area contributed by atoms with E-state index in [2.05, 4.69) is 5.10 Å². The van der Waals surface area contributed by atoms with Crippen LogP contribution in [-0.4, -0.2) is 9.78 Å². The van der Waals surface area contributed by atoms with Crippen LogP contribution in [0.5, 0.6) is 0 Å². The van der Waals surface area contributed by atoms with E-state index in [1.165, 1.54) is 4.68 Å².